The van der Waals surface area contributed by atoms with Gasteiger partial charge in [0.25, 0.3) is 0 Å². The SMILES string of the molecule is O=C(O)CSc1nc2cccnc2n1C1CCCSC1. The Kier molecular flexibility index (Phi) is 4.16. The molecule has 0 amide bonds. The number of nitrogens with zero attached hydrogens (tertiary/aromatic N) is 3. The molecule has 106 valence electrons. The van der Waals surface area contributed by atoms with Gasteiger partial charge in [0.15, 0.2) is 10.8 Å². The molecule has 3 heterocycles. The van der Waals surface area contributed by atoms with Gasteiger partial charge in [0, 0.05) is 18.0 Å². The Hall–Kier alpha value is -1.21. The van der Waals surface area contributed by atoms with Gasteiger partial charge in [0.05, 0.1) is 5.75 Å². The number of thioether (sulfide) groups is 2. The van der Waals surface area contributed by atoms with E-state index in [0.29, 0.717) is 6.04 Å². The van der Waals surface area contributed by atoms with Crippen LogP contribution in [-0.4, -0.2) is 42.9 Å². The second kappa shape index (κ2) is 6.05. The molecule has 0 bridgehead atoms. The number of rotatable bonds is 4. The molecule has 1 atom stereocenters. The van der Waals surface area contributed by atoms with Crippen LogP contribution in [0.3, 0.4) is 0 Å². The average Bonchev–Trinajstić information content (AvgIpc) is 2.84. The van der Waals surface area contributed by atoms with E-state index >= 15 is 0 Å². The van der Waals surface area contributed by atoms with Crippen molar-refractivity contribution in [1.82, 2.24) is 14.5 Å². The summed E-state index contributed by atoms with van der Waals surface area (Å²) >= 11 is 3.22. The first-order valence-corrected chi connectivity index (χ1v) is 8.65. The second-order valence-corrected chi connectivity index (χ2v) is 6.76. The van der Waals surface area contributed by atoms with Crippen molar-refractivity contribution in [2.75, 3.05) is 17.3 Å². The van der Waals surface area contributed by atoms with E-state index in [-0.39, 0.29) is 5.75 Å². The highest BCUT2D eigenvalue weighted by atomic mass is 32.2. The summed E-state index contributed by atoms with van der Waals surface area (Å²) < 4.78 is 2.13. The zero-order valence-corrected chi connectivity index (χ0v) is 12.5. The number of hydrogen-bond donors (Lipinski definition) is 1. The summed E-state index contributed by atoms with van der Waals surface area (Å²) in [7, 11) is 0. The van der Waals surface area contributed by atoms with Crippen LogP contribution in [0.15, 0.2) is 23.5 Å². The van der Waals surface area contributed by atoms with Crippen LogP contribution in [-0.2, 0) is 4.79 Å². The molecule has 0 radical (unpaired) electrons. The lowest BCUT2D eigenvalue weighted by Crippen LogP contribution is -2.17. The van der Waals surface area contributed by atoms with Crippen LogP contribution >= 0.6 is 23.5 Å². The number of carboxylic acid groups (broad SMARTS) is 1. The lowest BCUT2D eigenvalue weighted by atomic mass is 10.2. The van der Waals surface area contributed by atoms with Crippen molar-refractivity contribution in [2.24, 2.45) is 0 Å². The molecule has 0 aromatic carbocycles. The first-order chi connectivity index (χ1) is 9.75. The largest absolute Gasteiger partial charge is 0.481 e. The third-order valence-electron chi connectivity index (χ3n) is 3.24. The van der Waals surface area contributed by atoms with Gasteiger partial charge < -0.3 is 5.11 Å². The molecule has 1 N–H and O–H groups in total. The zero-order chi connectivity index (χ0) is 13.9. The van der Waals surface area contributed by atoms with Crippen LogP contribution in [0.2, 0.25) is 0 Å². The number of aliphatic carboxylic acids is 1. The van der Waals surface area contributed by atoms with Crippen LogP contribution in [0, 0.1) is 0 Å². The number of fused-ring (bicyclic) bond motifs is 1. The van der Waals surface area contributed by atoms with Gasteiger partial charge in [-0.3, -0.25) is 9.36 Å². The van der Waals surface area contributed by atoms with E-state index in [4.69, 9.17) is 5.11 Å². The predicted molar refractivity (Wildman–Crippen MR) is 81.5 cm³/mol. The summed E-state index contributed by atoms with van der Waals surface area (Å²) in [6.07, 6.45) is 4.06. The van der Waals surface area contributed by atoms with Crippen molar-refractivity contribution in [2.45, 2.75) is 24.0 Å². The molecule has 2 aromatic rings. The zero-order valence-electron chi connectivity index (χ0n) is 10.9. The third kappa shape index (κ3) is 2.78. The minimum atomic E-state index is -0.820. The number of carbonyl (C=O) groups is 1. The maximum Gasteiger partial charge on any atom is 0.313 e. The molecular formula is C13H15N3O2S2. The molecular weight excluding hydrogens is 294 g/mol. The Morgan fingerprint density at radius 2 is 2.50 bits per heavy atom. The highest BCUT2D eigenvalue weighted by Crippen LogP contribution is 2.33. The molecule has 1 saturated heterocycles. The van der Waals surface area contributed by atoms with Gasteiger partial charge in [-0.15, -0.1) is 0 Å². The fourth-order valence-corrected chi connectivity index (χ4v) is 4.31. The molecule has 1 aliphatic rings. The maximum atomic E-state index is 10.8. The predicted octanol–water partition coefficient (Wildman–Crippen LogP) is 2.68. The molecule has 1 aliphatic heterocycles. The Balaban J connectivity index is 2.00. The molecule has 5 nitrogen and oxygen atoms in total. The molecule has 1 fully saturated rings. The Bertz CT molecular complexity index is 623. The number of carboxylic acids is 1. The van der Waals surface area contributed by atoms with Gasteiger partial charge in [-0.05, 0) is 30.7 Å². The number of imidazole rings is 1. The highest BCUT2D eigenvalue weighted by molar-refractivity contribution is 8.00. The van der Waals surface area contributed by atoms with Crippen LogP contribution in [0.4, 0.5) is 0 Å². The molecule has 0 aliphatic carbocycles. The van der Waals surface area contributed by atoms with Crippen LogP contribution < -0.4 is 0 Å². The van der Waals surface area contributed by atoms with E-state index in [2.05, 4.69) is 14.5 Å². The maximum absolute atomic E-state index is 10.8. The quantitative estimate of drug-likeness (QED) is 0.876. The number of aromatic nitrogens is 3. The minimum Gasteiger partial charge on any atom is -0.481 e. The molecule has 3 rings (SSSR count). The number of hydrogen-bond acceptors (Lipinski definition) is 5. The Morgan fingerprint density at radius 3 is 3.25 bits per heavy atom. The van der Waals surface area contributed by atoms with Gasteiger partial charge in [0.1, 0.15) is 5.52 Å². The third-order valence-corrected chi connectivity index (χ3v) is 5.38. The smallest absolute Gasteiger partial charge is 0.313 e. The summed E-state index contributed by atoms with van der Waals surface area (Å²) in [6.45, 7) is 0. The normalized spacial score (nSPS) is 19.3. The molecule has 7 heteroatoms. The fourth-order valence-electron chi connectivity index (χ4n) is 2.39. The van der Waals surface area contributed by atoms with Crippen molar-refractivity contribution in [1.29, 1.82) is 0 Å². The topological polar surface area (TPSA) is 68.0 Å². The van der Waals surface area contributed by atoms with Crippen molar-refractivity contribution in [3.63, 3.8) is 0 Å². The van der Waals surface area contributed by atoms with E-state index in [0.717, 1.165) is 28.5 Å². The van der Waals surface area contributed by atoms with E-state index in [1.54, 1.807) is 6.20 Å². The van der Waals surface area contributed by atoms with Crippen molar-refractivity contribution in [3.8, 4) is 0 Å². The molecule has 1 unspecified atom stereocenters. The van der Waals surface area contributed by atoms with Crippen molar-refractivity contribution >= 4 is 40.7 Å². The Morgan fingerprint density at radius 1 is 1.60 bits per heavy atom. The van der Waals surface area contributed by atoms with Gasteiger partial charge in [-0.2, -0.15) is 11.8 Å². The van der Waals surface area contributed by atoms with E-state index < -0.39 is 5.97 Å². The molecule has 0 saturated carbocycles. The van der Waals surface area contributed by atoms with E-state index in [1.807, 2.05) is 23.9 Å². The Labute approximate surface area is 125 Å². The standard InChI is InChI=1S/C13H15N3O2S2/c17-11(18)8-20-13-15-10-4-1-5-14-12(10)16(13)9-3-2-6-19-7-9/h1,4-5,9H,2-3,6-8H2,(H,17,18). The average molecular weight is 309 g/mol. The number of pyridine rings is 1. The van der Waals surface area contributed by atoms with Crippen LogP contribution in [0.5, 0.6) is 0 Å². The summed E-state index contributed by atoms with van der Waals surface area (Å²) in [5.41, 5.74) is 1.71. The van der Waals surface area contributed by atoms with E-state index in [1.165, 1.54) is 23.9 Å². The van der Waals surface area contributed by atoms with E-state index in [9.17, 15) is 4.79 Å². The lowest BCUT2D eigenvalue weighted by Gasteiger charge is -2.24. The molecule has 20 heavy (non-hydrogen) atoms. The van der Waals surface area contributed by atoms with Gasteiger partial charge in [-0.25, -0.2) is 9.97 Å². The monoisotopic (exact) mass is 309 g/mol. The first-order valence-electron chi connectivity index (χ1n) is 6.51. The summed E-state index contributed by atoms with van der Waals surface area (Å²) in [5, 5.41) is 9.65. The van der Waals surface area contributed by atoms with Gasteiger partial charge in [0.2, 0.25) is 0 Å². The van der Waals surface area contributed by atoms with Gasteiger partial charge in [-0.1, -0.05) is 11.8 Å². The summed E-state index contributed by atoms with van der Waals surface area (Å²) in [5.74, 6) is 1.46. The molecule has 0 spiro atoms. The summed E-state index contributed by atoms with van der Waals surface area (Å²) in [6, 6.07) is 4.16. The first kappa shape index (κ1) is 13.8. The van der Waals surface area contributed by atoms with Gasteiger partial charge >= 0.3 is 5.97 Å². The highest BCUT2D eigenvalue weighted by Gasteiger charge is 2.22. The van der Waals surface area contributed by atoms with Crippen molar-refractivity contribution < 1.29 is 9.90 Å². The fraction of sp³-hybridized carbons (Fsp3) is 0.462. The minimum absolute atomic E-state index is 0.0309. The summed E-state index contributed by atoms with van der Waals surface area (Å²) in [4.78, 5) is 19.8. The molecule has 2 aromatic heterocycles. The van der Waals surface area contributed by atoms with Crippen molar-refractivity contribution in [3.05, 3.63) is 18.3 Å². The second-order valence-electron chi connectivity index (χ2n) is 4.66. The van der Waals surface area contributed by atoms with Crippen LogP contribution in [0.1, 0.15) is 18.9 Å². The van der Waals surface area contributed by atoms with Crippen LogP contribution in [0.25, 0.3) is 11.2 Å². The lowest BCUT2D eigenvalue weighted by molar-refractivity contribution is -0.133.